The number of carbonyl (C=O) groups is 3. The monoisotopic (exact) mass is 678 g/mol. The summed E-state index contributed by atoms with van der Waals surface area (Å²) in [5, 5.41) is 15.3. The van der Waals surface area contributed by atoms with Crippen LogP contribution in [0.2, 0.25) is 0 Å². The number of nitrogens with one attached hydrogen (secondary N) is 2. The quantitative estimate of drug-likeness (QED) is 0.124. The van der Waals surface area contributed by atoms with Gasteiger partial charge in [0, 0.05) is 16.5 Å². The van der Waals surface area contributed by atoms with Gasteiger partial charge in [-0.15, -0.1) is 0 Å². The summed E-state index contributed by atoms with van der Waals surface area (Å²) < 4.78 is 12.4. The number of carbonyl (C=O) groups excluding carboxylic acids is 2. The zero-order valence-electron chi connectivity index (χ0n) is 24.9. The van der Waals surface area contributed by atoms with Crippen molar-refractivity contribution in [3.63, 3.8) is 0 Å². The third kappa shape index (κ3) is 8.40. The number of para-hydroxylation sites is 3. The fraction of sp³-hybridized carbons (Fsp3) is 0.108. The molecule has 2 amide bonds. The molecule has 3 N–H and O–H groups in total. The molecule has 1 unspecified atom stereocenters. The summed E-state index contributed by atoms with van der Waals surface area (Å²) >= 11 is 3.36. The molecule has 0 heterocycles. The molecular weight excluding hydrogens is 648 g/mol. The molecular formula is C37H31BrN2O6. The van der Waals surface area contributed by atoms with E-state index in [4.69, 9.17) is 9.47 Å². The molecule has 0 aromatic heterocycles. The van der Waals surface area contributed by atoms with Crippen molar-refractivity contribution in [1.29, 1.82) is 0 Å². The highest BCUT2D eigenvalue weighted by Crippen LogP contribution is 2.33. The van der Waals surface area contributed by atoms with Gasteiger partial charge in [0.05, 0.1) is 11.3 Å². The maximum Gasteiger partial charge on any atom is 0.326 e. The van der Waals surface area contributed by atoms with Gasteiger partial charge in [0.2, 0.25) is 0 Å². The first-order valence-corrected chi connectivity index (χ1v) is 15.3. The second-order valence-electron chi connectivity index (χ2n) is 10.4. The van der Waals surface area contributed by atoms with Crippen molar-refractivity contribution >= 4 is 39.4 Å². The molecule has 5 aromatic carbocycles. The molecule has 8 nitrogen and oxygen atoms in total. The highest BCUT2D eigenvalue weighted by atomic mass is 79.9. The number of hydrogen-bond acceptors (Lipinski definition) is 5. The fourth-order valence-corrected chi connectivity index (χ4v) is 5.07. The van der Waals surface area contributed by atoms with Crippen LogP contribution in [0.15, 0.2) is 132 Å². The van der Waals surface area contributed by atoms with E-state index in [1.54, 1.807) is 43.3 Å². The van der Waals surface area contributed by atoms with E-state index < -0.39 is 29.9 Å². The van der Waals surface area contributed by atoms with E-state index in [-0.39, 0.29) is 17.7 Å². The summed E-state index contributed by atoms with van der Waals surface area (Å²) in [5.74, 6) is -0.370. The maximum absolute atomic E-state index is 13.4. The van der Waals surface area contributed by atoms with Gasteiger partial charge in [-0.05, 0) is 66.6 Å². The Morgan fingerprint density at radius 1 is 0.783 bits per heavy atom. The summed E-state index contributed by atoms with van der Waals surface area (Å²) in [5.41, 5.74) is 2.82. The third-order valence-electron chi connectivity index (χ3n) is 7.08. The normalized spacial score (nSPS) is 12.0. The number of carboxylic acid groups (broad SMARTS) is 1. The Kier molecular flexibility index (Phi) is 10.5. The lowest BCUT2D eigenvalue weighted by Gasteiger charge is -2.19. The van der Waals surface area contributed by atoms with Crippen molar-refractivity contribution in [2.24, 2.45) is 0 Å². The minimum Gasteiger partial charge on any atom is -0.481 e. The predicted molar refractivity (Wildman–Crippen MR) is 180 cm³/mol. The number of anilines is 1. The van der Waals surface area contributed by atoms with Crippen molar-refractivity contribution in [3.8, 4) is 28.4 Å². The van der Waals surface area contributed by atoms with Crippen LogP contribution in [0.5, 0.6) is 17.2 Å². The van der Waals surface area contributed by atoms with E-state index in [0.29, 0.717) is 21.5 Å². The Morgan fingerprint density at radius 2 is 1.41 bits per heavy atom. The Balaban J connectivity index is 1.27. The van der Waals surface area contributed by atoms with Crippen molar-refractivity contribution < 1.29 is 29.0 Å². The number of hydrogen-bond donors (Lipinski definition) is 3. The first kappa shape index (κ1) is 32.0. The molecule has 5 aromatic rings. The zero-order valence-corrected chi connectivity index (χ0v) is 26.4. The van der Waals surface area contributed by atoms with Crippen LogP contribution >= 0.6 is 15.9 Å². The summed E-state index contributed by atoms with van der Waals surface area (Å²) in [6.07, 6.45) is -0.810. The molecule has 0 saturated carbocycles. The van der Waals surface area contributed by atoms with E-state index in [1.807, 2.05) is 84.9 Å². The van der Waals surface area contributed by atoms with Gasteiger partial charge in [-0.3, -0.25) is 9.59 Å². The lowest BCUT2D eigenvalue weighted by molar-refractivity contribution is -0.139. The Morgan fingerprint density at radius 3 is 2.09 bits per heavy atom. The first-order valence-electron chi connectivity index (χ1n) is 14.5. The van der Waals surface area contributed by atoms with Crippen LogP contribution in [-0.2, 0) is 16.0 Å². The molecule has 0 saturated heterocycles. The summed E-state index contributed by atoms with van der Waals surface area (Å²) in [4.78, 5) is 38.6. The number of halogens is 1. The molecule has 0 bridgehead atoms. The topological polar surface area (TPSA) is 114 Å². The smallest absolute Gasteiger partial charge is 0.326 e. The second kappa shape index (κ2) is 15.0. The van der Waals surface area contributed by atoms with Crippen LogP contribution in [-0.4, -0.2) is 35.0 Å². The van der Waals surface area contributed by atoms with Crippen LogP contribution in [0, 0.1) is 0 Å². The van der Waals surface area contributed by atoms with Crippen molar-refractivity contribution in [3.05, 3.63) is 143 Å². The van der Waals surface area contributed by atoms with E-state index >= 15 is 0 Å². The molecule has 0 aliphatic rings. The lowest BCUT2D eigenvalue weighted by atomic mass is 9.99. The molecule has 0 aliphatic carbocycles. The number of ether oxygens (including phenoxy) is 2. The van der Waals surface area contributed by atoms with Crippen molar-refractivity contribution in [1.82, 2.24) is 5.32 Å². The van der Waals surface area contributed by atoms with Crippen LogP contribution in [0.4, 0.5) is 5.69 Å². The molecule has 9 heteroatoms. The second-order valence-corrected chi connectivity index (χ2v) is 11.3. The van der Waals surface area contributed by atoms with Gasteiger partial charge in [0.25, 0.3) is 11.8 Å². The van der Waals surface area contributed by atoms with E-state index in [9.17, 15) is 19.5 Å². The highest BCUT2D eigenvalue weighted by molar-refractivity contribution is 9.10. The average Bonchev–Trinajstić information content (AvgIpc) is 3.06. The number of aliphatic carboxylic acids is 1. The van der Waals surface area contributed by atoms with Crippen LogP contribution < -0.4 is 20.1 Å². The van der Waals surface area contributed by atoms with E-state index in [1.165, 1.54) is 6.07 Å². The summed E-state index contributed by atoms with van der Waals surface area (Å²) in [6.45, 7) is 1.60. The maximum atomic E-state index is 13.4. The number of amides is 2. The highest BCUT2D eigenvalue weighted by Gasteiger charge is 2.24. The minimum absolute atomic E-state index is 0.0428. The number of rotatable bonds is 12. The average molecular weight is 680 g/mol. The van der Waals surface area contributed by atoms with Gasteiger partial charge in [-0.2, -0.15) is 0 Å². The first-order chi connectivity index (χ1) is 22.3. The molecule has 0 radical (unpaired) electrons. The third-order valence-corrected chi connectivity index (χ3v) is 7.57. The van der Waals surface area contributed by atoms with Crippen molar-refractivity contribution in [2.75, 3.05) is 5.32 Å². The summed E-state index contributed by atoms with van der Waals surface area (Å²) in [7, 11) is 0. The lowest BCUT2D eigenvalue weighted by Crippen LogP contribution is -2.42. The largest absolute Gasteiger partial charge is 0.481 e. The predicted octanol–water partition coefficient (Wildman–Crippen LogP) is 7.74. The summed E-state index contributed by atoms with van der Waals surface area (Å²) in [6, 6.07) is 37.1. The van der Waals surface area contributed by atoms with Gasteiger partial charge in [-0.1, -0.05) is 94.8 Å². The Hall–Kier alpha value is -5.41. The van der Waals surface area contributed by atoms with Crippen LogP contribution in [0.25, 0.3) is 11.1 Å². The van der Waals surface area contributed by atoms with Gasteiger partial charge >= 0.3 is 5.97 Å². The van der Waals surface area contributed by atoms with Gasteiger partial charge < -0.3 is 25.2 Å². The van der Waals surface area contributed by atoms with Gasteiger partial charge in [0.1, 0.15) is 23.3 Å². The molecule has 0 fully saturated rings. The zero-order chi connectivity index (χ0) is 32.5. The molecule has 46 heavy (non-hydrogen) atoms. The van der Waals surface area contributed by atoms with Crippen LogP contribution in [0.3, 0.4) is 0 Å². The molecule has 232 valence electrons. The number of carboxylic acids is 1. The standard InChI is InChI=1S/C37H31BrN2O6/c1-24(45-28-10-4-2-5-11-28)35(41)39-32-21-20-27(38)23-31(32)36(42)40-33(37(43)44)22-25-16-18-26(19-17-25)30-14-8-9-15-34(30)46-29-12-6-3-7-13-29/h2-21,23-24,33H,22H2,1H3,(H,39,41)(H,40,42)(H,43,44)/t24?,33-/m0/s1. The Labute approximate surface area is 275 Å². The van der Waals surface area contributed by atoms with Gasteiger partial charge in [0.15, 0.2) is 6.10 Å². The fourth-order valence-electron chi connectivity index (χ4n) is 4.71. The Bertz CT molecular complexity index is 1810. The van der Waals surface area contributed by atoms with E-state index in [2.05, 4.69) is 26.6 Å². The van der Waals surface area contributed by atoms with Crippen molar-refractivity contribution in [2.45, 2.75) is 25.5 Å². The van der Waals surface area contributed by atoms with Gasteiger partial charge in [-0.25, -0.2) is 4.79 Å². The minimum atomic E-state index is -1.23. The molecule has 5 rings (SSSR count). The SMILES string of the molecule is CC(Oc1ccccc1)C(=O)Nc1ccc(Br)cc1C(=O)N[C@@H](Cc1ccc(-c2ccccc2Oc2ccccc2)cc1)C(=O)O. The van der Waals surface area contributed by atoms with E-state index in [0.717, 1.165) is 16.9 Å². The van der Waals surface area contributed by atoms with Crippen LogP contribution in [0.1, 0.15) is 22.8 Å². The molecule has 0 spiro atoms. The molecule has 0 aliphatic heterocycles. The molecule has 2 atom stereocenters. The number of benzene rings is 5.